The highest BCUT2D eigenvalue weighted by atomic mass is 19.1. The number of piperazine rings is 1. The van der Waals surface area contributed by atoms with Gasteiger partial charge in [0, 0.05) is 44.4 Å². The zero-order chi connectivity index (χ0) is 19.7. The maximum atomic E-state index is 13.4. The van der Waals surface area contributed by atoms with Crippen molar-refractivity contribution in [1.82, 2.24) is 14.8 Å². The molecule has 2 aliphatic rings. The Balaban J connectivity index is 1.39. The molecule has 2 fully saturated rings. The van der Waals surface area contributed by atoms with Crippen LogP contribution in [0, 0.1) is 11.6 Å². The summed E-state index contributed by atoms with van der Waals surface area (Å²) >= 11 is 0. The van der Waals surface area contributed by atoms with Crippen LogP contribution < -0.4 is 5.32 Å². The monoisotopic (exact) mass is 386 g/mol. The minimum Gasteiger partial charge on any atom is -0.337 e. The van der Waals surface area contributed by atoms with Crippen LogP contribution in [0.4, 0.5) is 14.6 Å². The fraction of sp³-hybridized carbons (Fsp3) is 0.350. The Labute approximate surface area is 161 Å². The maximum absolute atomic E-state index is 13.4. The lowest BCUT2D eigenvalue weighted by atomic mass is 10.1. The molecule has 0 spiro atoms. The second kappa shape index (κ2) is 7.63. The number of nitrogens with one attached hydrogen (secondary N) is 1. The van der Waals surface area contributed by atoms with E-state index in [0.717, 1.165) is 12.5 Å². The van der Waals surface area contributed by atoms with Gasteiger partial charge in [-0.15, -0.1) is 0 Å². The number of benzene rings is 1. The van der Waals surface area contributed by atoms with Crippen molar-refractivity contribution >= 4 is 17.6 Å². The molecule has 1 atom stereocenters. The Hall–Kier alpha value is -2.87. The van der Waals surface area contributed by atoms with Crippen LogP contribution in [0.3, 0.4) is 0 Å². The van der Waals surface area contributed by atoms with Crippen molar-refractivity contribution < 1.29 is 18.4 Å². The minimum atomic E-state index is -0.665. The first-order valence-electron chi connectivity index (χ1n) is 9.22. The van der Waals surface area contributed by atoms with Gasteiger partial charge in [0.25, 0.3) is 0 Å². The van der Waals surface area contributed by atoms with E-state index in [2.05, 4.69) is 10.3 Å². The Morgan fingerprint density at radius 3 is 2.71 bits per heavy atom. The lowest BCUT2D eigenvalue weighted by Gasteiger charge is -2.37. The molecule has 0 bridgehead atoms. The number of halogens is 2. The van der Waals surface area contributed by atoms with Gasteiger partial charge in [0.05, 0.1) is 6.54 Å². The molecule has 0 aliphatic carbocycles. The first kappa shape index (κ1) is 18.5. The van der Waals surface area contributed by atoms with Gasteiger partial charge in [0.2, 0.25) is 11.8 Å². The van der Waals surface area contributed by atoms with E-state index in [9.17, 15) is 18.4 Å². The first-order chi connectivity index (χ1) is 13.5. The zero-order valence-electron chi connectivity index (χ0n) is 15.2. The minimum absolute atomic E-state index is 0.193. The van der Waals surface area contributed by atoms with Crippen LogP contribution in [-0.2, 0) is 9.59 Å². The predicted molar refractivity (Wildman–Crippen MR) is 99.4 cm³/mol. The average molecular weight is 386 g/mol. The van der Waals surface area contributed by atoms with Crippen LogP contribution in [0.25, 0.3) is 11.1 Å². The SMILES string of the molecule is O=C(CN1CCN2C(=O)CCC2C1)Nc1cc(-c2cc(F)cc(F)c2)ccn1. The summed E-state index contributed by atoms with van der Waals surface area (Å²) in [5.41, 5.74) is 0.930. The molecule has 2 aromatic rings. The van der Waals surface area contributed by atoms with Crippen molar-refractivity contribution in [1.29, 1.82) is 0 Å². The van der Waals surface area contributed by atoms with E-state index in [1.165, 1.54) is 18.3 Å². The molecule has 1 aromatic carbocycles. The fourth-order valence-corrected chi connectivity index (χ4v) is 3.86. The summed E-state index contributed by atoms with van der Waals surface area (Å²) in [7, 11) is 0. The second-order valence-electron chi connectivity index (χ2n) is 7.15. The summed E-state index contributed by atoms with van der Waals surface area (Å²) in [6.07, 6.45) is 2.91. The van der Waals surface area contributed by atoms with Crippen molar-refractivity contribution in [3.05, 3.63) is 48.2 Å². The highest BCUT2D eigenvalue weighted by Gasteiger charge is 2.35. The molecule has 1 N–H and O–H groups in total. The number of amides is 2. The number of nitrogens with zero attached hydrogens (tertiary/aromatic N) is 3. The average Bonchev–Trinajstić information content (AvgIpc) is 3.01. The summed E-state index contributed by atoms with van der Waals surface area (Å²) in [5, 5.41) is 2.74. The maximum Gasteiger partial charge on any atom is 0.239 e. The van der Waals surface area contributed by atoms with Crippen LogP contribution in [0.2, 0.25) is 0 Å². The van der Waals surface area contributed by atoms with Crippen molar-refractivity contribution in [3.8, 4) is 11.1 Å². The number of hydrogen-bond acceptors (Lipinski definition) is 4. The summed E-state index contributed by atoms with van der Waals surface area (Å²) in [5.74, 6) is -1.03. The molecule has 6 nitrogen and oxygen atoms in total. The molecule has 28 heavy (non-hydrogen) atoms. The third-order valence-corrected chi connectivity index (χ3v) is 5.17. The molecule has 1 unspecified atom stereocenters. The second-order valence-corrected chi connectivity index (χ2v) is 7.15. The van der Waals surface area contributed by atoms with E-state index < -0.39 is 11.6 Å². The molecule has 0 radical (unpaired) electrons. The largest absolute Gasteiger partial charge is 0.337 e. The van der Waals surface area contributed by atoms with E-state index in [1.807, 2.05) is 9.80 Å². The van der Waals surface area contributed by atoms with Gasteiger partial charge in [0.1, 0.15) is 17.5 Å². The number of fused-ring (bicyclic) bond motifs is 1. The van der Waals surface area contributed by atoms with Crippen LogP contribution in [0.15, 0.2) is 36.5 Å². The number of hydrogen-bond donors (Lipinski definition) is 1. The predicted octanol–water partition coefficient (Wildman–Crippen LogP) is 2.27. The van der Waals surface area contributed by atoms with Gasteiger partial charge in [-0.3, -0.25) is 14.5 Å². The lowest BCUT2D eigenvalue weighted by molar-refractivity contribution is -0.130. The normalized spacial score (nSPS) is 19.6. The first-order valence-corrected chi connectivity index (χ1v) is 9.22. The number of rotatable bonds is 4. The van der Waals surface area contributed by atoms with Crippen molar-refractivity contribution in [2.45, 2.75) is 18.9 Å². The van der Waals surface area contributed by atoms with Gasteiger partial charge >= 0.3 is 0 Å². The third-order valence-electron chi connectivity index (χ3n) is 5.17. The molecule has 3 heterocycles. The number of pyridine rings is 1. The van der Waals surface area contributed by atoms with Gasteiger partial charge in [-0.05, 0) is 41.8 Å². The molecule has 4 rings (SSSR count). The third kappa shape index (κ3) is 4.01. The number of aromatic nitrogens is 1. The Kier molecular flexibility index (Phi) is 5.04. The number of carbonyl (C=O) groups excluding carboxylic acids is 2. The van der Waals surface area contributed by atoms with Gasteiger partial charge in [-0.25, -0.2) is 13.8 Å². The van der Waals surface area contributed by atoms with Gasteiger partial charge in [0.15, 0.2) is 0 Å². The molecule has 8 heteroatoms. The summed E-state index contributed by atoms with van der Waals surface area (Å²) in [6.45, 7) is 2.20. The Bertz CT molecular complexity index is 901. The van der Waals surface area contributed by atoms with Gasteiger partial charge in [-0.2, -0.15) is 0 Å². The van der Waals surface area contributed by atoms with Crippen LogP contribution in [-0.4, -0.2) is 58.8 Å². The highest BCUT2D eigenvalue weighted by Crippen LogP contribution is 2.24. The van der Waals surface area contributed by atoms with E-state index in [0.29, 0.717) is 43.0 Å². The van der Waals surface area contributed by atoms with Crippen LogP contribution in [0.1, 0.15) is 12.8 Å². The van der Waals surface area contributed by atoms with Crippen molar-refractivity contribution in [2.24, 2.45) is 0 Å². The topological polar surface area (TPSA) is 65.5 Å². The smallest absolute Gasteiger partial charge is 0.239 e. The summed E-state index contributed by atoms with van der Waals surface area (Å²) in [4.78, 5) is 32.2. The fourth-order valence-electron chi connectivity index (χ4n) is 3.86. The molecular formula is C20H20F2N4O2. The van der Waals surface area contributed by atoms with E-state index >= 15 is 0 Å². The van der Waals surface area contributed by atoms with Crippen LogP contribution in [0.5, 0.6) is 0 Å². The Morgan fingerprint density at radius 2 is 1.93 bits per heavy atom. The molecule has 1 aromatic heterocycles. The van der Waals surface area contributed by atoms with Crippen LogP contribution >= 0.6 is 0 Å². The molecule has 2 aliphatic heterocycles. The molecule has 2 saturated heterocycles. The lowest BCUT2D eigenvalue weighted by Crippen LogP contribution is -2.52. The molecule has 0 saturated carbocycles. The summed E-state index contributed by atoms with van der Waals surface area (Å²) in [6, 6.07) is 6.67. The Morgan fingerprint density at radius 1 is 1.14 bits per heavy atom. The number of anilines is 1. The summed E-state index contributed by atoms with van der Waals surface area (Å²) < 4.78 is 26.9. The molecule has 146 valence electrons. The zero-order valence-corrected chi connectivity index (χ0v) is 15.2. The molecule has 2 amide bonds. The quantitative estimate of drug-likeness (QED) is 0.876. The van der Waals surface area contributed by atoms with E-state index in [-0.39, 0.29) is 24.4 Å². The van der Waals surface area contributed by atoms with Crippen molar-refractivity contribution in [3.63, 3.8) is 0 Å². The standard InChI is InChI=1S/C20H20F2N4O2/c21-15-7-14(8-16(22)10-15)13-3-4-23-18(9-13)24-19(27)12-25-5-6-26-17(11-25)1-2-20(26)28/h3-4,7-10,17H,1-2,5-6,11-12H2,(H,23,24,27). The molecular weight excluding hydrogens is 366 g/mol. The van der Waals surface area contributed by atoms with Crippen molar-refractivity contribution in [2.75, 3.05) is 31.5 Å². The van der Waals surface area contributed by atoms with Gasteiger partial charge in [-0.1, -0.05) is 0 Å². The van der Waals surface area contributed by atoms with E-state index in [1.54, 1.807) is 12.1 Å². The van der Waals surface area contributed by atoms with E-state index in [4.69, 9.17) is 0 Å². The number of carbonyl (C=O) groups is 2. The van der Waals surface area contributed by atoms with Gasteiger partial charge < -0.3 is 10.2 Å². The highest BCUT2D eigenvalue weighted by molar-refractivity contribution is 5.92.